The molecule has 0 amide bonds. The monoisotopic (exact) mass is 486 g/mol. The molecule has 1 aromatic heterocycles. The summed E-state index contributed by atoms with van der Waals surface area (Å²) in [6, 6.07) is 12.3. The van der Waals surface area contributed by atoms with Crippen LogP contribution in [0, 0.1) is 0 Å². The molecule has 3 aromatic rings. The van der Waals surface area contributed by atoms with E-state index < -0.39 is 15.1 Å². The van der Waals surface area contributed by atoms with Crippen molar-refractivity contribution < 1.29 is 8.42 Å². The first kappa shape index (κ1) is 20.9. The predicted octanol–water partition coefficient (Wildman–Crippen LogP) is 6.21. The van der Waals surface area contributed by atoms with Crippen LogP contribution in [0.1, 0.15) is 12.8 Å². The van der Waals surface area contributed by atoms with Gasteiger partial charge >= 0.3 is 0 Å². The molecule has 0 radical (unpaired) electrons. The summed E-state index contributed by atoms with van der Waals surface area (Å²) in [4.78, 5) is 6.97. The number of anilines is 1. The second-order valence-corrected chi connectivity index (χ2v) is 11.1. The lowest BCUT2D eigenvalue weighted by atomic mass is 10.1. The van der Waals surface area contributed by atoms with E-state index in [1.807, 2.05) is 29.6 Å². The Morgan fingerprint density at radius 3 is 2.38 bits per heavy atom. The Bertz CT molecular complexity index is 1120. The summed E-state index contributed by atoms with van der Waals surface area (Å²) >= 11 is 19.7. The number of rotatable bonds is 4. The Labute approximate surface area is 189 Å². The van der Waals surface area contributed by atoms with Crippen molar-refractivity contribution in [2.45, 2.75) is 23.0 Å². The van der Waals surface area contributed by atoms with Gasteiger partial charge in [0.05, 0.1) is 25.9 Å². The molecule has 1 fully saturated rings. The Balaban J connectivity index is 1.47. The molecule has 4 rings (SSSR count). The lowest BCUT2D eigenvalue weighted by Crippen LogP contribution is -2.39. The van der Waals surface area contributed by atoms with E-state index >= 15 is 0 Å². The molecular weight excluding hydrogens is 471 g/mol. The molecular formula is C20H17Cl3N2O2S2. The first-order chi connectivity index (χ1) is 13.9. The summed E-state index contributed by atoms with van der Waals surface area (Å²) < 4.78 is 26.1. The van der Waals surface area contributed by atoms with Crippen molar-refractivity contribution in [2.75, 3.05) is 18.0 Å². The standard InChI is InChI=1S/C20H17Cl3N2O2S2/c21-14-6-4-13(5-7-14)17-12-28-20(24-17)25-10-8-15(9-11-25)29(26,27)18-3-1-2-16(22)19(18)23/h1-7,12,15H,8-11H2. The number of hydrogen-bond acceptors (Lipinski definition) is 5. The molecule has 0 bridgehead atoms. The maximum Gasteiger partial charge on any atom is 0.185 e. The molecule has 0 N–H and O–H groups in total. The average molecular weight is 488 g/mol. The predicted molar refractivity (Wildman–Crippen MR) is 121 cm³/mol. The third kappa shape index (κ3) is 4.28. The van der Waals surface area contributed by atoms with Crippen LogP contribution in [0.4, 0.5) is 5.13 Å². The molecule has 0 atom stereocenters. The van der Waals surface area contributed by atoms with Gasteiger partial charge in [0.15, 0.2) is 15.0 Å². The fraction of sp³-hybridized carbons (Fsp3) is 0.250. The van der Waals surface area contributed by atoms with E-state index in [0.29, 0.717) is 31.0 Å². The minimum atomic E-state index is -3.54. The zero-order valence-corrected chi connectivity index (χ0v) is 19.1. The van der Waals surface area contributed by atoms with Crippen LogP contribution in [0.15, 0.2) is 52.7 Å². The Morgan fingerprint density at radius 2 is 1.69 bits per heavy atom. The molecule has 152 valence electrons. The normalized spacial score (nSPS) is 15.6. The summed E-state index contributed by atoms with van der Waals surface area (Å²) in [5.41, 5.74) is 1.90. The van der Waals surface area contributed by atoms with Gasteiger partial charge in [0, 0.05) is 29.1 Å². The third-order valence-corrected chi connectivity index (χ3v) is 9.39. The highest BCUT2D eigenvalue weighted by atomic mass is 35.5. The van der Waals surface area contributed by atoms with Gasteiger partial charge in [-0.05, 0) is 37.1 Å². The highest BCUT2D eigenvalue weighted by molar-refractivity contribution is 7.92. The summed E-state index contributed by atoms with van der Waals surface area (Å²) in [7, 11) is -3.54. The van der Waals surface area contributed by atoms with Crippen molar-refractivity contribution in [3.8, 4) is 11.3 Å². The average Bonchev–Trinajstić information content (AvgIpc) is 3.21. The molecule has 0 spiro atoms. The van der Waals surface area contributed by atoms with Crippen LogP contribution in [0.3, 0.4) is 0 Å². The minimum Gasteiger partial charge on any atom is -0.348 e. The smallest absolute Gasteiger partial charge is 0.185 e. The summed E-state index contributed by atoms with van der Waals surface area (Å²) in [6.07, 6.45) is 1.03. The van der Waals surface area contributed by atoms with Crippen molar-refractivity contribution in [1.29, 1.82) is 0 Å². The summed E-state index contributed by atoms with van der Waals surface area (Å²) in [5, 5.41) is 3.46. The number of nitrogens with zero attached hydrogens (tertiary/aromatic N) is 2. The topological polar surface area (TPSA) is 50.3 Å². The first-order valence-corrected chi connectivity index (χ1v) is 12.6. The van der Waals surface area contributed by atoms with Gasteiger partial charge in [-0.3, -0.25) is 0 Å². The SMILES string of the molecule is O=S(=O)(c1cccc(Cl)c1Cl)C1CCN(c2nc(-c3ccc(Cl)cc3)cs2)CC1. The summed E-state index contributed by atoms with van der Waals surface area (Å²) in [6.45, 7) is 1.24. The molecule has 0 saturated carbocycles. The van der Waals surface area contributed by atoms with Crippen molar-refractivity contribution in [3.63, 3.8) is 0 Å². The molecule has 1 aliphatic rings. The van der Waals surface area contributed by atoms with Gasteiger partial charge in [0.25, 0.3) is 0 Å². The second-order valence-electron chi connectivity index (χ2n) is 6.81. The van der Waals surface area contributed by atoms with Crippen molar-refractivity contribution >= 4 is 61.1 Å². The van der Waals surface area contributed by atoms with Gasteiger partial charge in [-0.15, -0.1) is 11.3 Å². The van der Waals surface area contributed by atoms with E-state index in [1.165, 1.54) is 6.07 Å². The maximum absolute atomic E-state index is 13.0. The van der Waals surface area contributed by atoms with Crippen LogP contribution in [0.5, 0.6) is 0 Å². The lowest BCUT2D eigenvalue weighted by molar-refractivity contribution is 0.529. The molecule has 29 heavy (non-hydrogen) atoms. The molecule has 0 aliphatic carbocycles. The van der Waals surface area contributed by atoms with E-state index in [4.69, 9.17) is 39.8 Å². The van der Waals surface area contributed by atoms with E-state index in [1.54, 1.807) is 23.5 Å². The van der Waals surface area contributed by atoms with Crippen LogP contribution >= 0.6 is 46.1 Å². The van der Waals surface area contributed by atoms with Gasteiger partial charge in [-0.25, -0.2) is 13.4 Å². The molecule has 2 heterocycles. The van der Waals surface area contributed by atoms with E-state index in [0.717, 1.165) is 16.4 Å². The molecule has 0 unspecified atom stereocenters. The van der Waals surface area contributed by atoms with Gasteiger partial charge in [0.1, 0.15) is 0 Å². The molecule has 4 nitrogen and oxygen atoms in total. The van der Waals surface area contributed by atoms with Crippen LogP contribution < -0.4 is 4.90 Å². The number of benzene rings is 2. The number of piperidine rings is 1. The lowest BCUT2D eigenvalue weighted by Gasteiger charge is -2.31. The van der Waals surface area contributed by atoms with E-state index in [9.17, 15) is 8.42 Å². The number of sulfone groups is 1. The zero-order chi connectivity index (χ0) is 20.6. The minimum absolute atomic E-state index is 0.101. The second kappa shape index (κ2) is 8.44. The van der Waals surface area contributed by atoms with E-state index in [-0.39, 0.29) is 14.9 Å². The van der Waals surface area contributed by atoms with Gasteiger partial charge < -0.3 is 4.90 Å². The fourth-order valence-electron chi connectivity index (χ4n) is 3.40. The molecule has 2 aromatic carbocycles. The van der Waals surface area contributed by atoms with Crippen LogP contribution in [-0.2, 0) is 9.84 Å². The van der Waals surface area contributed by atoms with Crippen molar-refractivity contribution in [2.24, 2.45) is 0 Å². The molecule has 9 heteroatoms. The van der Waals surface area contributed by atoms with Crippen LogP contribution in [0.2, 0.25) is 15.1 Å². The van der Waals surface area contributed by atoms with Crippen molar-refractivity contribution in [1.82, 2.24) is 4.98 Å². The Morgan fingerprint density at radius 1 is 1.00 bits per heavy atom. The largest absolute Gasteiger partial charge is 0.348 e. The van der Waals surface area contributed by atoms with Crippen molar-refractivity contribution in [3.05, 3.63) is 62.9 Å². The highest BCUT2D eigenvalue weighted by Gasteiger charge is 2.33. The van der Waals surface area contributed by atoms with Crippen LogP contribution in [-0.4, -0.2) is 31.7 Å². The number of halogens is 3. The Hall–Kier alpha value is -1.31. The third-order valence-electron chi connectivity index (χ3n) is 5.01. The van der Waals surface area contributed by atoms with Gasteiger partial charge in [-0.1, -0.05) is 53.0 Å². The summed E-state index contributed by atoms with van der Waals surface area (Å²) in [5.74, 6) is 0. The molecule has 1 aliphatic heterocycles. The van der Waals surface area contributed by atoms with Crippen LogP contribution in [0.25, 0.3) is 11.3 Å². The molecule has 1 saturated heterocycles. The maximum atomic E-state index is 13.0. The first-order valence-electron chi connectivity index (χ1n) is 9.00. The quantitative estimate of drug-likeness (QED) is 0.439. The number of aromatic nitrogens is 1. The van der Waals surface area contributed by atoms with Gasteiger partial charge in [-0.2, -0.15) is 0 Å². The number of hydrogen-bond donors (Lipinski definition) is 0. The Kier molecular flexibility index (Phi) is 6.09. The number of thiazole rings is 1. The zero-order valence-electron chi connectivity index (χ0n) is 15.2. The fourth-order valence-corrected chi connectivity index (χ4v) is 6.92. The van der Waals surface area contributed by atoms with E-state index in [2.05, 4.69) is 4.90 Å². The highest BCUT2D eigenvalue weighted by Crippen LogP contribution is 2.35. The van der Waals surface area contributed by atoms with Gasteiger partial charge in [0.2, 0.25) is 0 Å².